The fourth-order valence-electron chi connectivity index (χ4n) is 4.92. The number of benzene rings is 4. The Hall–Kier alpha value is -4.91. The van der Waals surface area contributed by atoms with Gasteiger partial charge in [-0.2, -0.15) is 0 Å². The van der Waals surface area contributed by atoms with Crippen molar-refractivity contribution < 1.29 is 23.9 Å². The highest BCUT2D eigenvalue weighted by atomic mass is 16.5. The number of carbonyl (C=O) groups is 3. The summed E-state index contributed by atoms with van der Waals surface area (Å²) in [4.78, 5) is 41.5. The molecule has 4 aromatic carbocycles. The number of nitrogens with zero attached hydrogens (tertiary/aromatic N) is 1. The Bertz CT molecular complexity index is 1490. The Morgan fingerprint density at radius 2 is 1.09 bits per heavy atom. The molecule has 0 aliphatic carbocycles. The molecule has 4 aromatic rings. The number of hydrogen-bond acceptors (Lipinski definition) is 5. The summed E-state index contributed by atoms with van der Waals surface area (Å²) in [7, 11) is 0. The Kier molecular flexibility index (Phi) is 12.3. The summed E-state index contributed by atoms with van der Waals surface area (Å²) < 4.78 is 11.2. The predicted molar refractivity (Wildman–Crippen MR) is 176 cm³/mol. The van der Waals surface area contributed by atoms with Crippen LogP contribution >= 0.6 is 0 Å². The maximum Gasteiger partial charge on any atom is 0.329 e. The van der Waals surface area contributed by atoms with Crippen LogP contribution in [0.3, 0.4) is 0 Å². The van der Waals surface area contributed by atoms with E-state index >= 15 is 0 Å². The van der Waals surface area contributed by atoms with Gasteiger partial charge in [0.1, 0.15) is 19.3 Å². The van der Waals surface area contributed by atoms with Gasteiger partial charge in [-0.05, 0) is 33.7 Å². The first-order chi connectivity index (χ1) is 21.8. The lowest BCUT2D eigenvalue weighted by Crippen LogP contribution is -2.51. The minimum Gasteiger partial charge on any atom is -0.461 e. The number of urea groups is 1. The lowest BCUT2D eigenvalue weighted by molar-refractivity contribution is -0.150. The molecule has 0 aliphatic rings. The van der Waals surface area contributed by atoms with E-state index in [-0.39, 0.29) is 32.1 Å². The highest BCUT2D eigenvalue weighted by molar-refractivity contribution is 5.84. The molecule has 0 saturated carbocycles. The molecule has 0 fully saturated rings. The monoisotopic (exact) mass is 606 g/mol. The van der Waals surface area contributed by atoms with Crippen molar-refractivity contribution in [3.05, 3.63) is 132 Å². The molecule has 0 bridgehead atoms. The molecule has 0 spiro atoms. The Labute approximate surface area is 266 Å². The third kappa shape index (κ3) is 10.6. The van der Waals surface area contributed by atoms with E-state index in [2.05, 4.69) is 5.32 Å². The van der Waals surface area contributed by atoms with Crippen molar-refractivity contribution in [2.45, 2.75) is 46.4 Å². The fraction of sp³-hybridized carbons (Fsp3) is 0.289. The smallest absolute Gasteiger partial charge is 0.329 e. The van der Waals surface area contributed by atoms with E-state index in [1.807, 2.05) is 129 Å². The van der Waals surface area contributed by atoms with Crippen molar-refractivity contribution in [1.82, 2.24) is 10.2 Å². The zero-order valence-corrected chi connectivity index (χ0v) is 26.2. The van der Waals surface area contributed by atoms with Gasteiger partial charge >= 0.3 is 18.0 Å². The Morgan fingerprint density at radius 1 is 0.600 bits per heavy atom. The SMILES string of the molecule is CC(C)CN(CC(C)C(=O)OCc1ccccc1)C(=O)N[C@@H](Cc1ccc(-c2ccccc2)cc1)C(=O)OCc1ccccc1. The average Bonchev–Trinajstić information content (AvgIpc) is 3.06. The number of ether oxygens (including phenoxy) is 2. The highest BCUT2D eigenvalue weighted by Gasteiger charge is 2.28. The first-order valence-corrected chi connectivity index (χ1v) is 15.4. The second kappa shape index (κ2) is 16.8. The topological polar surface area (TPSA) is 84.9 Å². The van der Waals surface area contributed by atoms with Crippen LogP contribution in [0.4, 0.5) is 4.79 Å². The molecule has 2 amide bonds. The maximum atomic E-state index is 13.7. The van der Waals surface area contributed by atoms with Gasteiger partial charge < -0.3 is 19.7 Å². The summed E-state index contributed by atoms with van der Waals surface area (Å²) in [6, 6.07) is 35.5. The second-order valence-electron chi connectivity index (χ2n) is 11.7. The van der Waals surface area contributed by atoms with Crippen LogP contribution in [-0.2, 0) is 38.7 Å². The van der Waals surface area contributed by atoms with Crippen molar-refractivity contribution in [3.8, 4) is 11.1 Å². The minimum absolute atomic E-state index is 0.0962. The molecule has 0 heterocycles. The molecule has 0 aliphatic heterocycles. The molecule has 2 atom stereocenters. The summed E-state index contributed by atoms with van der Waals surface area (Å²) in [5.74, 6) is -1.35. The van der Waals surface area contributed by atoms with Gasteiger partial charge in [0.25, 0.3) is 0 Å². The molecule has 1 unspecified atom stereocenters. The predicted octanol–water partition coefficient (Wildman–Crippen LogP) is 7.06. The van der Waals surface area contributed by atoms with Gasteiger partial charge in [0.15, 0.2) is 0 Å². The van der Waals surface area contributed by atoms with Gasteiger partial charge in [-0.1, -0.05) is 136 Å². The van der Waals surface area contributed by atoms with Crippen molar-refractivity contribution in [1.29, 1.82) is 0 Å². The van der Waals surface area contributed by atoms with Gasteiger partial charge in [-0.25, -0.2) is 9.59 Å². The largest absolute Gasteiger partial charge is 0.461 e. The van der Waals surface area contributed by atoms with Gasteiger partial charge in [0.2, 0.25) is 0 Å². The fourth-order valence-corrected chi connectivity index (χ4v) is 4.92. The highest BCUT2D eigenvalue weighted by Crippen LogP contribution is 2.20. The van der Waals surface area contributed by atoms with E-state index in [4.69, 9.17) is 9.47 Å². The number of carbonyl (C=O) groups excluding carboxylic acids is 3. The third-order valence-electron chi connectivity index (χ3n) is 7.30. The van der Waals surface area contributed by atoms with Gasteiger partial charge in [-0.15, -0.1) is 0 Å². The van der Waals surface area contributed by atoms with Crippen LogP contribution in [0.2, 0.25) is 0 Å². The van der Waals surface area contributed by atoms with Crippen molar-refractivity contribution >= 4 is 18.0 Å². The standard InChI is InChI=1S/C38H42N2O5/c1-28(2)24-40(25-29(3)36(41)44-26-31-13-7-4-8-14-31)38(43)39-35(37(42)45-27-32-15-9-5-10-16-32)23-30-19-21-34(22-20-30)33-17-11-6-12-18-33/h4-22,28-29,35H,23-27H2,1-3H3,(H,39,43)/t29?,35-/m0/s1. The van der Waals surface area contributed by atoms with E-state index in [0.717, 1.165) is 27.8 Å². The number of hydrogen-bond donors (Lipinski definition) is 1. The first-order valence-electron chi connectivity index (χ1n) is 15.4. The summed E-state index contributed by atoms with van der Waals surface area (Å²) in [5.41, 5.74) is 4.78. The molecule has 7 nitrogen and oxygen atoms in total. The second-order valence-corrected chi connectivity index (χ2v) is 11.7. The Balaban J connectivity index is 1.45. The van der Waals surface area contributed by atoms with Crippen LogP contribution in [-0.4, -0.2) is 42.0 Å². The molecule has 7 heteroatoms. The zero-order chi connectivity index (χ0) is 32.0. The van der Waals surface area contributed by atoms with Gasteiger partial charge in [-0.3, -0.25) is 4.79 Å². The average molecular weight is 607 g/mol. The lowest BCUT2D eigenvalue weighted by Gasteiger charge is -2.29. The summed E-state index contributed by atoms with van der Waals surface area (Å²) in [5, 5.41) is 2.92. The lowest BCUT2D eigenvalue weighted by atomic mass is 10.0. The van der Waals surface area contributed by atoms with Crippen molar-refractivity contribution in [2.24, 2.45) is 11.8 Å². The molecule has 0 saturated heterocycles. The first kappa shape index (κ1) is 33.0. The summed E-state index contributed by atoms with van der Waals surface area (Å²) >= 11 is 0. The molecule has 1 N–H and O–H groups in total. The quantitative estimate of drug-likeness (QED) is 0.156. The minimum atomic E-state index is -0.932. The van der Waals surface area contributed by atoms with Crippen LogP contribution < -0.4 is 5.32 Å². The van der Waals surface area contributed by atoms with Gasteiger partial charge in [0, 0.05) is 19.5 Å². The number of rotatable bonds is 14. The van der Waals surface area contributed by atoms with E-state index in [9.17, 15) is 14.4 Å². The maximum absolute atomic E-state index is 13.7. The molecule has 4 rings (SSSR count). The third-order valence-corrected chi connectivity index (χ3v) is 7.30. The molecule has 45 heavy (non-hydrogen) atoms. The number of esters is 2. The van der Waals surface area contributed by atoms with E-state index in [1.165, 1.54) is 0 Å². The number of amides is 2. The molecular formula is C38H42N2O5. The van der Waals surface area contributed by atoms with Crippen LogP contribution in [0.1, 0.15) is 37.5 Å². The van der Waals surface area contributed by atoms with E-state index in [1.54, 1.807) is 11.8 Å². The molecule has 0 radical (unpaired) electrons. The van der Waals surface area contributed by atoms with Crippen molar-refractivity contribution in [3.63, 3.8) is 0 Å². The van der Waals surface area contributed by atoms with Crippen LogP contribution in [0.25, 0.3) is 11.1 Å². The van der Waals surface area contributed by atoms with E-state index in [0.29, 0.717) is 6.54 Å². The van der Waals surface area contributed by atoms with Crippen LogP contribution in [0, 0.1) is 11.8 Å². The van der Waals surface area contributed by atoms with Crippen LogP contribution in [0.5, 0.6) is 0 Å². The summed E-state index contributed by atoms with van der Waals surface area (Å²) in [6.45, 7) is 6.55. The molecule has 234 valence electrons. The molecule has 0 aromatic heterocycles. The van der Waals surface area contributed by atoms with E-state index < -0.39 is 29.9 Å². The van der Waals surface area contributed by atoms with Gasteiger partial charge in [0.05, 0.1) is 5.92 Å². The zero-order valence-electron chi connectivity index (χ0n) is 26.2. The normalized spacial score (nSPS) is 12.2. The summed E-state index contributed by atoms with van der Waals surface area (Å²) in [6.07, 6.45) is 0.249. The number of nitrogens with one attached hydrogen (secondary N) is 1. The molecular weight excluding hydrogens is 564 g/mol. The van der Waals surface area contributed by atoms with Crippen LogP contribution in [0.15, 0.2) is 115 Å². The van der Waals surface area contributed by atoms with Crippen molar-refractivity contribution in [2.75, 3.05) is 13.1 Å². The Morgan fingerprint density at radius 3 is 1.62 bits per heavy atom.